The fraction of sp³-hybridized carbons (Fsp3) is 0.514. The van der Waals surface area contributed by atoms with E-state index < -0.39 is 27.9 Å². The molecule has 3 aromatic rings. The number of rotatable bonds is 10. The minimum Gasteiger partial charge on any atom is -0.490 e. The third kappa shape index (κ3) is 9.81. The third-order valence-corrected chi connectivity index (χ3v) is 10.3. The molecule has 14 heteroatoms. The number of likely N-dealkylation sites (N-methyl/N-ethyl adjacent to an activating group) is 1. The largest absolute Gasteiger partial charge is 0.490 e. The van der Waals surface area contributed by atoms with Crippen molar-refractivity contribution in [3.63, 3.8) is 0 Å². The summed E-state index contributed by atoms with van der Waals surface area (Å²) in [4.78, 5) is 29.3. The average molecular weight is 701 g/mol. The summed E-state index contributed by atoms with van der Waals surface area (Å²) in [5.41, 5.74) is 1.72. The van der Waals surface area contributed by atoms with Gasteiger partial charge in [0.25, 0.3) is 15.9 Å². The molecule has 268 valence electrons. The summed E-state index contributed by atoms with van der Waals surface area (Å²) in [6, 6.07) is 10.8. The summed E-state index contributed by atoms with van der Waals surface area (Å²) < 4.78 is 46.9. The fourth-order valence-corrected chi connectivity index (χ4v) is 7.33. The second kappa shape index (κ2) is 16.6. The molecule has 49 heavy (non-hydrogen) atoms. The molecule has 0 saturated heterocycles. The smallest absolute Gasteiger partial charge is 0.335 e. The lowest BCUT2D eigenvalue weighted by atomic mass is 10.0. The van der Waals surface area contributed by atoms with Gasteiger partial charge in [-0.1, -0.05) is 24.2 Å². The van der Waals surface area contributed by atoms with Crippen LogP contribution in [0.3, 0.4) is 0 Å². The lowest BCUT2D eigenvalue weighted by Gasteiger charge is -2.36. The molecule has 1 aliphatic rings. The van der Waals surface area contributed by atoms with Gasteiger partial charge in [-0.2, -0.15) is 0 Å². The Kier molecular flexibility index (Phi) is 12.8. The Balaban J connectivity index is 1.63. The number of carboxylic acid groups (broad SMARTS) is 1. The molecule has 2 aromatic carbocycles. The topological polar surface area (TPSA) is 172 Å². The molecule has 0 bridgehead atoms. The van der Waals surface area contributed by atoms with E-state index in [0.29, 0.717) is 31.9 Å². The Hall–Kier alpha value is -3.98. The van der Waals surface area contributed by atoms with Gasteiger partial charge >= 0.3 is 5.97 Å². The van der Waals surface area contributed by atoms with E-state index in [1.54, 1.807) is 48.2 Å². The Morgan fingerprint density at radius 3 is 2.49 bits per heavy atom. The number of ether oxygens (including phenoxy) is 2. The van der Waals surface area contributed by atoms with Crippen LogP contribution in [0.1, 0.15) is 77.8 Å². The summed E-state index contributed by atoms with van der Waals surface area (Å²) in [7, 11) is -2.12. The van der Waals surface area contributed by atoms with Gasteiger partial charge in [0, 0.05) is 37.8 Å². The van der Waals surface area contributed by atoms with Crippen molar-refractivity contribution in [1.82, 2.24) is 15.0 Å². The number of nitrogens with one attached hydrogen (secondary N) is 1. The molecule has 0 saturated carbocycles. The van der Waals surface area contributed by atoms with Crippen LogP contribution in [0.25, 0.3) is 0 Å². The third-order valence-electron chi connectivity index (χ3n) is 8.69. The molecule has 2 heterocycles. The number of aliphatic hydroxyl groups excluding tert-OH is 1. The SMILES string of the molecule is Cc1noc(C)c1S(=O)(=O)Nc1ccc2c(c1)C(=O)N([C@H](C)CO)C[C@@H](C)[C@@H](CN(C)Cc1ccc(C(=O)O)cc1)OCCCC[C@H](C)O2. The molecular weight excluding hydrogens is 652 g/mol. The van der Waals surface area contributed by atoms with Crippen LogP contribution in [0, 0.1) is 19.8 Å². The second-order valence-electron chi connectivity index (χ2n) is 13.0. The number of sulfonamides is 1. The highest BCUT2D eigenvalue weighted by Gasteiger charge is 2.31. The summed E-state index contributed by atoms with van der Waals surface area (Å²) in [6.07, 6.45) is 1.84. The van der Waals surface area contributed by atoms with Gasteiger partial charge in [0.05, 0.1) is 36.0 Å². The maximum atomic E-state index is 14.4. The van der Waals surface area contributed by atoms with Crippen LogP contribution < -0.4 is 9.46 Å². The zero-order chi connectivity index (χ0) is 35.9. The molecule has 0 fully saturated rings. The van der Waals surface area contributed by atoms with Crippen molar-refractivity contribution < 1.29 is 42.2 Å². The maximum absolute atomic E-state index is 14.4. The van der Waals surface area contributed by atoms with Crippen molar-refractivity contribution in [2.75, 3.05) is 38.1 Å². The fourth-order valence-electron chi connectivity index (χ4n) is 5.95. The van der Waals surface area contributed by atoms with E-state index in [4.69, 9.17) is 14.0 Å². The minimum atomic E-state index is -4.09. The zero-order valence-electron chi connectivity index (χ0n) is 29.0. The van der Waals surface area contributed by atoms with Crippen LogP contribution in [0.2, 0.25) is 0 Å². The Bertz CT molecular complexity index is 1670. The number of amides is 1. The van der Waals surface area contributed by atoms with Gasteiger partial charge < -0.3 is 29.1 Å². The highest BCUT2D eigenvalue weighted by atomic mass is 32.2. The van der Waals surface area contributed by atoms with Gasteiger partial charge in [0.15, 0.2) is 10.7 Å². The van der Waals surface area contributed by atoms with Crippen LogP contribution in [0.15, 0.2) is 51.9 Å². The lowest BCUT2D eigenvalue weighted by Crippen LogP contribution is -2.47. The molecule has 1 amide bonds. The molecular formula is C35H48N4O9S. The molecule has 4 atom stereocenters. The molecule has 0 aliphatic carbocycles. The number of hydrogen-bond acceptors (Lipinski definition) is 10. The summed E-state index contributed by atoms with van der Waals surface area (Å²) in [6.45, 7) is 10.3. The van der Waals surface area contributed by atoms with Gasteiger partial charge in [-0.25, -0.2) is 13.2 Å². The predicted octanol–water partition coefficient (Wildman–Crippen LogP) is 4.72. The number of nitrogens with zero attached hydrogens (tertiary/aromatic N) is 3. The lowest BCUT2D eigenvalue weighted by molar-refractivity contribution is -0.0177. The summed E-state index contributed by atoms with van der Waals surface area (Å²) >= 11 is 0. The Morgan fingerprint density at radius 1 is 1.14 bits per heavy atom. The molecule has 0 unspecified atom stereocenters. The van der Waals surface area contributed by atoms with E-state index in [9.17, 15) is 28.2 Å². The normalized spacial score (nSPS) is 20.3. The highest BCUT2D eigenvalue weighted by molar-refractivity contribution is 7.92. The van der Waals surface area contributed by atoms with Crippen molar-refractivity contribution in [2.24, 2.45) is 5.92 Å². The van der Waals surface area contributed by atoms with Crippen LogP contribution >= 0.6 is 0 Å². The number of aromatic carboxylic acids is 1. The predicted molar refractivity (Wildman–Crippen MR) is 183 cm³/mol. The van der Waals surface area contributed by atoms with Gasteiger partial charge in [-0.3, -0.25) is 14.4 Å². The van der Waals surface area contributed by atoms with Gasteiger partial charge in [-0.15, -0.1) is 0 Å². The molecule has 1 aromatic heterocycles. The first kappa shape index (κ1) is 37.8. The first-order valence-electron chi connectivity index (χ1n) is 16.5. The number of carbonyl (C=O) groups is 2. The second-order valence-corrected chi connectivity index (χ2v) is 14.6. The van der Waals surface area contributed by atoms with E-state index in [1.807, 2.05) is 20.9 Å². The average Bonchev–Trinajstić information content (AvgIpc) is 3.40. The van der Waals surface area contributed by atoms with Crippen LogP contribution in [0.5, 0.6) is 5.75 Å². The zero-order valence-corrected chi connectivity index (χ0v) is 29.8. The molecule has 3 N–H and O–H groups in total. The number of aliphatic hydroxyl groups is 1. The Labute approximate surface area is 288 Å². The van der Waals surface area contributed by atoms with Gasteiger partial charge in [0.1, 0.15) is 11.4 Å². The first-order valence-corrected chi connectivity index (χ1v) is 18.0. The van der Waals surface area contributed by atoms with E-state index in [-0.39, 0.29) is 64.4 Å². The van der Waals surface area contributed by atoms with E-state index in [2.05, 4.69) is 14.8 Å². The van der Waals surface area contributed by atoms with Crippen molar-refractivity contribution in [3.8, 4) is 5.75 Å². The number of aryl methyl sites for hydroxylation is 2. The van der Waals surface area contributed by atoms with Crippen LogP contribution in [-0.2, 0) is 21.3 Å². The molecule has 4 rings (SSSR count). The number of hydrogen-bond donors (Lipinski definition) is 3. The summed E-state index contributed by atoms with van der Waals surface area (Å²) in [5.74, 6) is -1.10. The molecule has 0 radical (unpaired) electrons. The monoisotopic (exact) mass is 700 g/mol. The van der Waals surface area contributed by atoms with Gasteiger partial charge in [-0.05, 0) is 89.9 Å². The minimum absolute atomic E-state index is 0.0681. The maximum Gasteiger partial charge on any atom is 0.335 e. The van der Waals surface area contributed by atoms with Crippen molar-refractivity contribution in [2.45, 2.75) is 83.6 Å². The Morgan fingerprint density at radius 2 is 1.86 bits per heavy atom. The number of benzene rings is 2. The number of fused-ring (bicyclic) bond motifs is 1. The standard InChI is InChI=1S/C35H48N4O9S/c1-22-18-39(23(2)21-40)34(41)30-17-29(37-49(44,45)33-25(4)36-48-26(33)5)14-15-31(30)47-24(3)9-7-8-16-46-32(22)20-38(6)19-27-10-12-28(13-11-27)35(42)43/h10-15,17,22-24,32,37,40H,7-9,16,18-21H2,1-6H3,(H,42,43)/t22-,23-,24+,32-/m1/s1. The molecule has 1 aliphatic heterocycles. The summed E-state index contributed by atoms with van der Waals surface area (Å²) in [5, 5.41) is 23.2. The molecule has 13 nitrogen and oxygen atoms in total. The quantitative estimate of drug-likeness (QED) is 0.267. The van der Waals surface area contributed by atoms with E-state index >= 15 is 0 Å². The van der Waals surface area contributed by atoms with Crippen molar-refractivity contribution in [3.05, 3.63) is 70.6 Å². The van der Waals surface area contributed by atoms with Crippen LogP contribution in [0.4, 0.5) is 5.69 Å². The van der Waals surface area contributed by atoms with E-state index in [1.165, 1.54) is 19.9 Å². The number of carboxylic acids is 1. The van der Waals surface area contributed by atoms with Gasteiger partial charge in [0.2, 0.25) is 0 Å². The van der Waals surface area contributed by atoms with Crippen molar-refractivity contribution in [1.29, 1.82) is 0 Å². The number of aromatic nitrogens is 1. The number of carbonyl (C=O) groups excluding carboxylic acids is 1. The highest BCUT2D eigenvalue weighted by Crippen LogP contribution is 2.30. The first-order chi connectivity index (χ1) is 23.2. The van der Waals surface area contributed by atoms with Crippen molar-refractivity contribution >= 4 is 27.6 Å². The number of anilines is 1. The molecule has 0 spiro atoms. The van der Waals surface area contributed by atoms with E-state index in [0.717, 1.165) is 18.4 Å². The van der Waals surface area contributed by atoms with Crippen LogP contribution in [-0.4, -0.2) is 97.1 Å².